The van der Waals surface area contributed by atoms with E-state index in [-0.39, 0.29) is 5.91 Å². The lowest BCUT2D eigenvalue weighted by Crippen LogP contribution is -2.11. The van der Waals surface area contributed by atoms with E-state index in [1.54, 1.807) is 42.5 Å². The first kappa shape index (κ1) is 18.8. The molecule has 0 bridgehead atoms. The molecule has 3 aromatic carbocycles. The number of hydrogen-bond acceptors (Lipinski definition) is 2. The van der Waals surface area contributed by atoms with E-state index in [9.17, 15) is 4.79 Å². The Hall–Kier alpha value is -2.01. The number of nitrogens with one attached hydrogen (secondary N) is 1. The monoisotopic (exact) mass is 449 g/mol. The van der Waals surface area contributed by atoms with Crippen LogP contribution < -0.4 is 10.1 Å². The molecule has 0 aromatic heterocycles. The number of halogens is 3. The van der Waals surface area contributed by atoms with Gasteiger partial charge in [0.15, 0.2) is 0 Å². The first-order valence-corrected chi connectivity index (χ1v) is 9.30. The Morgan fingerprint density at radius 2 is 1.69 bits per heavy atom. The van der Waals surface area contributed by atoms with E-state index < -0.39 is 0 Å². The Morgan fingerprint density at radius 1 is 0.962 bits per heavy atom. The molecule has 3 rings (SSSR count). The molecule has 3 nitrogen and oxygen atoms in total. The molecule has 0 radical (unpaired) electrons. The van der Waals surface area contributed by atoms with Crippen LogP contribution in [-0.4, -0.2) is 5.91 Å². The molecule has 6 heteroatoms. The van der Waals surface area contributed by atoms with Crippen LogP contribution in [0.4, 0.5) is 5.69 Å². The van der Waals surface area contributed by atoms with Gasteiger partial charge < -0.3 is 10.1 Å². The van der Waals surface area contributed by atoms with Crippen LogP contribution in [0.25, 0.3) is 0 Å². The molecule has 0 aliphatic carbocycles. The largest absolute Gasteiger partial charge is 0.489 e. The molecule has 132 valence electrons. The van der Waals surface area contributed by atoms with E-state index >= 15 is 0 Å². The molecule has 3 aromatic rings. The van der Waals surface area contributed by atoms with Gasteiger partial charge in [-0.15, -0.1) is 0 Å². The van der Waals surface area contributed by atoms with Gasteiger partial charge in [0.25, 0.3) is 5.91 Å². The summed E-state index contributed by atoms with van der Waals surface area (Å²) in [6.07, 6.45) is 0. The van der Waals surface area contributed by atoms with Gasteiger partial charge in [-0.1, -0.05) is 41.4 Å². The third-order valence-electron chi connectivity index (χ3n) is 3.65. The van der Waals surface area contributed by atoms with Crippen molar-refractivity contribution < 1.29 is 9.53 Å². The van der Waals surface area contributed by atoms with Gasteiger partial charge in [0.2, 0.25) is 0 Å². The van der Waals surface area contributed by atoms with Crippen LogP contribution in [-0.2, 0) is 6.61 Å². The van der Waals surface area contributed by atoms with Crippen LogP contribution in [0.3, 0.4) is 0 Å². The van der Waals surface area contributed by atoms with Gasteiger partial charge in [0.05, 0.1) is 5.02 Å². The van der Waals surface area contributed by atoms with Gasteiger partial charge in [0.1, 0.15) is 12.4 Å². The van der Waals surface area contributed by atoms with Gasteiger partial charge in [-0.2, -0.15) is 0 Å². The van der Waals surface area contributed by atoms with Crippen molar-refractivity contribution in [3.8, 4) is 5.75 Å². The van der Waals surface area contributed by atoms with Crippen LogP contribution in [0.2, 0.25) is 10.0 Å². The third kappa shape index (κ3) is 4.79. The van der Waals surface area contributed by atoms with E-state index in [0.29, 0.717) is 33.7 Å². The van der Waals surface area contributed by atoms with Gasteiger partial charge in [0, 0.05) is 26.3 Å². The van der Waals surface area contributed by atoms with Crippen molar-refractivity contribution in [2.24, 2.45) is 0 Å². The van der Waals surface area contributed by atoms with E-state index in [4.69, 9.17) is 27.9 Å². The molecule has 0 fully saturated rings. The van der Waals surface area contributed by atoms with Gasteiger partial charge in [-0.3, -0.25) is 4.79 Å². The quantitative estimate of drug-likeness (QED) is 0.476. The van der Waals surface area contributed by atoms with Crippen molar-refractivity contribution in [2.75, 3.05) is 5.32 Å². The Kier molecular flexibility index (Phi) is 6.20. The summed E-state index contributed by atoms with van der Waals surface area (Å²) in [7, 11) is 0. The number of hydrogen-bond donors (Lipinski definition) is 1. The number of rotatable bonds is 5. The molecule has 0 aliphatic rings. The Balaban J connectivity index is 1.62. The first-order valence-electron chi connectivity index (χ1n) is 7.75. The topological polar surface area (TPSA) is 38.3 Å². The fourth-order valence-electron chi connectivity index (χ4n) is 2.26. The summed E-state index contributed by atoms with van der Waals surface area (Å²) in [6, 6.07) is 19.7. The fraction of sp³-hybridized carbons (Fsp3) is 0.0500. The highest BCUT2D eigenvalue weighted by atomic mass is 79.9. The van der Waals surface area contributed by atoms with Crippen molar-refractivity contribution in [1.29, 1.82) is 0 Å². The summed E-state index contributed by atoms with van der Waals surface area (Å²) >= 11 is 15.5. The second-order valence-electron chi connectivity index (χ2n) is 5.49. The van der Waals surface area contributed by atoms with Gasteiger partial charge in [-0.05, 0) is 64.5 Å². The SMILES string of the molecule is O=C(Nc1ccc(Br)c(Cl)c1)c1ccc(OCc2ccccc2Cl)cc1. The predicted octanol–water partition coefficient (Wildman–Crippen LogP) is 6.59. The molecule has 26 heavy (non-hydrogen) atoms. The lowest BCUT2D eigenvalue weighted by molar-refractivity contribution is 0.102. The smallest absolute Gasteiger partial charge is 0.255 e. The Bertz CT molecular complexity index is 929. The average molecular weight is 451 g/mol. The summed E-state index contributed by atoms with van der Waals surface area (Å²) in [5, 5.41) is 4.01. The molecule has 0 spiro atoms. The maximum atomic E-state index is 12.3. The minimum absolute atomic E-state index is 0.221. The third-order valence-corrected chi connectivity index (χ3v) is 5.25. The molecule has 1 amide bonds. The molecule has 0 saturated carbocycles. The molecule has 1 N–H and O–H groups in total. The number of anilines is 1. The maximum absolute atomic E-state index is 12.3. The first-order chi connectivity index (χ1) is 12.5. The van der Waals surface area contributed by atoms with Crippen molar-refractivity contribution in [1.82, 2.24) is 0 Å². The van der Waals surface area contributed by atoms with Crippen LogP contribution >= 0.6 is 39.1 Å². The lowest BCUT2D eigenvalue weighted by Gasteiger charge is -2.09. The second kappa shape index (κ2) is 8.58. The van der Waals surface area contributed by atoms with E-state index in [0.717, 1.165) is 10.0 Å². The lowest BCUT2D eigenvalue weighted by atomic mass is 10.2. The highest BCUT2D eigenvalue weighted by molar-refractivity contribution is 9.10. The summed E-state index contributed by atoms with van der Waals surface area (Å²) < 4.78 is 6.49. The molecule has 0 aliphatic heterocycles. The number of benzene rings is 3. The number of carbonyl (C=O) groups is 1. The average Bonchev–Trinajstić information content (AvgIpc) is 2.64. The standard InChI is InChI=1S/C20H14BrCl2NO2/c21-17-10-7-15(11-19(17)23)24-20(25)13-5-8-16(9-6-13)26-12-14-3-1-2-4-18(14)22/h1-11H,12H2,(H,24,25). The number of amides is 1. The molecular weight excluding hydrogens is 437 g/mol. The minimum Gasteiger partial charge on any atom is -0.489 e. The van der Waals surface area contributed by atoms with Crippen LogP contribution in [0, 0.1) is 0 Å². The molecule has 0 saturated heterocycles. The van der Waals surface area contributed by atoms with Crippen molar-refractivity contribution >= 4 is 50.7 Å². The zero-order valence-electron chi connectivity index (χ0n) is 13.5. The molecular formula is C20H14BrCl2NO2. The minimum atomic E-state index is -0.221. The Labute approximate surface area is 170 Å². The van der Waals surface area contributed by atoms with Crippen molar-refractivity contribution in [3.63, 3.8) is 0 Å². The van der Waals surface area contributed by atoms with E-state index in [1.807, 2.05) is 24.3 Å². The zero-order chi connectivity index (χ0) is 18.5. The predicted molar refractivity (Wildman–Crippen MR) is 109 cm³/mol. The van der Waals surface area contributed by atoms with Crippen LogP contribution in [0.5, 0.6) is 5.75 Å². The number of carbonyl (C=O) groups excluding carboxylic acids is 1. The van der Waals surface area contributed by atoms with Gasteiger partial charge in [-0.25, -0.2) is 0 Å². The summed E-state index contributed by atoms with van der Waals surface area (Å²) in [5.74, 6) is 0.439. The van der Waals surface area contributed by atoms with E-state index in [2.05, 4.69) is 21.2 Å². The summed E-state index contributed by atoms with van der Waals surface area (Å²) in [6.45, 7) is 0.364. The summed E-state index contributed by atoms with van der Waals surface area (Å²) in [5.41, 5.74) is 2.06. The van der Waals surface area contributed by atoms with Crippen LogP contribution in [0.1, 0.15) is 15.9 Å². The highest BCUT2D eigenvalue weighted by Crippen LogP contribution is 2.26. The van der Waals surface area contributed by atoms with Crippen molar-refractivity contribution in [2.45, 2.75) is 6.61 Å². The van der Waals surface area contributed by atoms with E-state index in [1.165, 1.54) is 0 Å². The molecule has 0 atom stereocenters. The Morgan fingerprint density at radius 3 is 2.38 bits per heavy atom. The number of ether oxygens (including phenoxy) is 1. The van der Waals surface area contributed by atoms with Crippen molar-refractivity contribution in [3.05, 3.63) is 92.4 Å². The maximum Gasteiger partial charge on any atom is 0.255 e. The molecule has 0 heterocycles. The molecule has 0 unspecified atom stereocenters. The fourth-order valence-corrected chi connectivity index (χ4v) is 2.87. The second-order valence-corrected chi connectivity index (χ2v) is 7.16. The summed E-state index contributed by atoms with van der Waals surface area (Å²) in [4.78, 5) is 12.3. The highest BCUT2D eigenvalue weighted by Gasteiger charge is 2.08. The van der Waals surface area contributed by atoms with Gasteiger partial charge >= 0.3 is 0 Å². The van der Waals surface area contributed by atoms with Crippen LogP contribution in [0.15, 0.2) is 71.2 Å². The zero-order valence-corrected chi connectivity index (χ0v) is 16.6. The normalized spacial score (nSPS) is 10.4.